The summed E-state index contributed by atoms with van der Waals surface area (Å²) in [6, 6.07) is -0.259. The summed E-state index contributed by atoms with van der Waals surface area (Å²) in [5, 5.41) is 0. The van der Waals surface area contributed by atoms with Crippen LogP contribution in [0.2, 0.25) is 0 Å². The molecule has 0 spiro atoms. The molecule has 0 bridgehead atoms. The number of rotatable bonds is 23. The van der Waals surface area contributed by atoms with E-state index < -0.39 is 0 Å². The topological polar surface area (TPSA) is 72.3 Å². The third-order valence-electron chi connectivity index (χ3n) is 5.98. The first-order valence-corrected chi connectivity index (χ1v) is 13.0. The summed E-state index contributed by atoms with van der Waals surface area (Å²) in [4.78, 5) is 13.4. The SMILES string of the molecule is CCCCCCCCCCCCCCCCCCN(CCCCCCN)C(N)=O. The number of primary amides is 1. The van der Waals surface area contributed by atoms with Crippen LogP contribution in [0, 0.1) is 0 Å². The van der Waals surface area contributed by atoms with Gasteiger partial charge < -0.3 is 16.4 Å². The largest absolute Gasteiger partial charge is 0.351 e. The number of carbonyl (C=O) groups excluding carboxylic acids is 1. The van der Waals surface area contributed by atoms with Gasteiger partial charge in [-0.25, -0.2) is 4.79 Å². The Bertz CT molecular complexity index is 336. The number of hydrogen-bond donors (Lipinski definition) is 2. The van der Waals surface area contributed by atoms with Crippen LogP contribution in [-0.2, 0) is 0 Å². The van der Waals surface area contributed by atoms with Crippen molar-refractivity contribution in [2.75, 3.05) is 19.6 Å². The van der Waals surface area contributed by atoms with E-state index in [1.165, 1.54) is 96.3 Å². The molecule has 4 nitrogen and oxygen atoms in total. The lowest BCUT2D eigenvalue weighted by molar-refractivity contribution is 0.205. The fraction of sp³-hybridized carbons (Fsp3) is 0.960. The molecule has 0 atom stereocenters. The highest BCUT2D eigenvalue weighted by atomic mass is 16.2. The minimum atomic E-state index is -0.259. The van der Waals surface area contributed by atoms with Crippen molar-refractivity contribution in [3.63, 3.8) is 0 Å². The Morgan fingerprint density at radius 1 is 0.552 bits per heavy atom. The highest BCUT2D eigenvalue weighted by Gasteiger charge is 2.08. The first kappa shape index (κ1) is 28.2. The first-order valence-electron chi connectivity index (χ1n) is 13.0. The van der Waals surface area contributed by atoms with E-state index in [2.05, 4.69) is 6.92 Å². The van der Waals surface area contributed by atoms with Crippen LogP contribution in [0.3, 0.4) is 0 Å². The fourth-order valence-electron chi connectivity index (χ4n) is 3.98. The van der Waals surface area contributed by atoms with Gasteiger partial charge in [-0.2, -0.15) is 0 Å². The van der Waals surface area contributed by atoms with Crippen molar-refractivity contribution in [1.29, 1.82) is 0 Å². The highest BCUT2D eigenvalue weighted by molar-refractivity contribution is 5.71. The van der Waals surface area contributed by atoms with Crippen molar-refractivity contribution in [1.82, 2.24) is 4.90 Å². The molecule has 4 N–H and O–H groups in total. The fourth-order valence-corrected chi connectivity index (χ4v) is 3.98. The molecular formula is C25H53N3O. The van der Waals surface area contributed by atoms with E-state index >= 15 is 0 Å². The zero-order valence-electron chi connectivity index (χ0n) is 19.8. The number of unbranched alkanes of at least 4 members (excludes halogenated alkanes) is 18. The zero-order chi connectivity index (χ0) is 21.4. The third-order valence-corrected chi connectivity index (χ3v) is 5.98. The smallest absolute Gasteiger partial charge is 0.314 e. The molecule has 0 radical (unpaired) electrons. The standard InChI is InChI=1S/C25H53N3O/c1-2-3-4-5-6-7-8-9-10-11-12-13-14-15-17-20-23-28(25(27)29)24-21-18-16-19-22-26/h2-24,26H2,1H3,(H2,27,29). The van der Waals surface area contributed by atoms with Crippen LogP contribution in [0.15, 0.2) is 0 Å². The molecule has 0 aliphatic rings. The average molecular weight is 412 g/mol. The number of urea groups is 1. The molecule has 0 fully saturated rings. The van der Waals surface area contributed by atoms with Crippen molar-refractivity contribution in [2.24, 2.45) is 11.5 Å². The summed E-state index contributed by atoms with van der Waals surface area (Å²) in [5.41, 5.74) is 11.0. The molecule has 0 saturated carbocycles. The van der Waals surface area contributed by atoms with Gasteiger partial charge in [0.1, 0.15) is 0 Å². The van der Waals surface area contributed by atoms with Gasteiger partial charge in [-0.15, -0.1) is 0 Å². The molecule has 0 aliphatic carbocycles. The molecule has 0 aromatic rings. The number of carbonyl (C=O) groups is 1. The molecule has 174 valence electrons. The Hall–Kier alpha value is -0.770. The molecule has 4 heteroatoms. The summed E-state index contributed by atoms with van der Waals surface area (Å²) in [7, 11) is 0. The quantitative estimate of drug-likeness (QED) is 0.175. The maximum absolute atomic E-state index is 11.5. The van der Waals surface area contributed by atoms with Crippen LogP contribution in [0.25, 0.3) is 0 Å². The van der Waals surface area contributed by atoms with Gasteiger partial charge in [0.05, 0.1) is 0 Å². The van der Waals surface area contributed by atoms with Crippen molar-refractivity contribution >= 4 is 6.03 Å². The maximum Gasteiger partial charge on any atom is 0.314 e. The van der Waals surface area contributed by atoms with Crippen LogP contribution in [0.4, 0.5) is 4.79 Å². The van der Waals surface area contributed by atoms with Crippen LogP contribution < -0.4 is 11.5 Å². The van der Waals surface area contributed by atoms with Gasteiger partial charge in [-0.3, -0.25) is 0 Å². The van der Waals surface area contributed by atoms with E-state index in [0.717, 1.165) is 51.7 Å². The minimum Gasteiger partial charge on any atom is -0.351 e. The van der Waals surface area contributed by atoms with Crippen molar-refractivity contribution < 1.29 is 4.79 Å². The average Bonchev–Trinajstić information content (AvgIpc) is 2.71. The van der Waals surface area contributed by atoms with Gasteiger partial charge in [-0.1, -0.05) is 116 Å². The van der Waals surface area contributed by atoms with E-state index in [0.29, 0.717) is 0 Å². The number of nitrogens with two attached hydrogens (primary N) is 2. The van der Waals surface area contributed by atoms with Gasteiger partial charge >= 0.3 is 6.03 Å². The monoisotopic (exact) mass is 411 g/mol. The van der Waals surface area contributed by atoms with E-state index in [4.69, 9.17) is 11.5 Å². The second kappa shape index (κ2) is 23.5. The normalized spacial score (nSPS) is 11.1. The predicted octanol–water partition coefficient (Wildman–Crippen LogP) is 7.15. The molecular weight excluding hydrogens is 358 g/mol. The maximum atomic E-state index is 11.5. The third kappa shape index (κ3) is 21.8. The summed E-state index contributed by atoms with van der Waals surface area (Å²) in [6.45, 7) is 4.67. The van der Waals surface area contributed by atoms with Gasteiger partial charge in [0.25, 0.3) is 0 Å². The molecule has 0 saturated heterocycles. The van der Waals surface area contributed by atoms with Crippen LogP contribution in [0.1, 0.15) is 135 Å². The number of amides is 2. The summed E-state index contributed by atoms with van der Waals surface area (Å²) >= 11 is 0. The molecule has 29 heavy (non-hydrogen) atoms. The van der Waals surface area contributed by atoms with E-state index in [-0.39, 0.29) is 6.03 Å². The Kier molecular flexibility index (Phi) is 22.9. The lowest BCUT2D eigenvalue weighted by Gasteiger charge is -2.20. The van der Waals surface area contributed by atoms with Crippen molar-refractivity contribution in [3.8, 4) is 0 Å². The summed E-state index contributed by atoms with van der Waals surface area (Å²) in [5.74, 6) is 0. The van der Waals surface area contributed by atoms with Gasteiger partial charge in [-0.05, 0) is 25.8 Å². The second-order valence-corrected chi connectivity index (χ2v) is 8.83. The molecule has 0 rings (SSSR count). The molecule has 0 unspecified atom stereocenters. The van der Waals surface area contributed by atoms with E-state index in [9.17, 15) is 4.79 Å². The summed E-state index contributed by atoms with van der Waals surface area (Å²) in [6.07, 6.45) is 26.4. The van der Waals surface area contributed by atoms with Crippen LogP contribution >= 0.6 is 0 Å². The summed E-state index contributed by atoms with van der Waals surface area (Å²) < 4.78 is 0. The second-order valence-electron chi connectivity index (χ2n) is 8.83. The lowest BCUT2D eigenvalue weighted by atomic mass is 10.0. The zero-order valence-corrected chi connectivity index (χ0v) is 19.8. The van der Waals surface area contributed by atoms with Crippen LogP contribution in [0.5, 0.6) is 0 Å². The first-order chi connectivity index (χ1) is 14.2. The van der Waals surface area contributed by atoms with Gasteiger partial charge in [0.2, 0.25) is 0 Å². The van der Waals surface area contributed by atoms with E-state index in [1.54, 1.807) is 0 Å². The molecule has 0 heterocycles. The molecule has 2 amide bonds. The lowest BCUT2D eigenvalue weighted by Crippen LogP contribution is -2.37. The van der Waals surface area contributed by atoms with Gasteiger partial charge in [0.15, 0.2) is 0 Å². The Labute approximate surface area is 182 Å². The molecule has 0 aromatic heterocycles. The van der Waals surface area contributed by atoms with E-state index in [1.807, 2.05) is 4.90 Å². The number of nitrogens with zero attached hydrogens (tertiary/aromatic N) is 1. The molecule has 0 aliphatic heterocycles. The predicted molar refractivity (Wildman–Crippen MR) is 128 cm³/mol. The highest BCUT2D eigenvalue weighted by Crippen LogP contribution is 2.14. The molecule has 0 aromatic carbocycles. The Morgan fingerprint density at radius 3 is 1.17 bits per heavy atom. The van der Waals surface area contributed by atoms with Crippen molar-refractivity contribution in [3.05, 3.63) is 0 Å². The Balaban J connectivity index is 3.32. The number of hydrogen-bond acceptors (Lipinski definition) is 2. The Morgan fingerprint density at radius 2 is 0.862 bits per heavy atom. The van der Waals surface area contributed by atoms with Gasteiger partial charge in [0, 0.05) is 13.1 Å². The van der Waals surface area contributed by atoms with Crippen molar-refractivity contribution in [2.45, 2.75) is 135 Å². The van der Waals surface area contributed by atoms with Crippen LogP contribution in [-0.4, -0.2) is 30.6 Å². The minimum absolute atomic E-state index is 0.259.